The van der Waals surface area contributed by atoms with Crippen LogP contribution in [0.15, 0.2) is 18.2 Å². The minimum atomic E-state index is -0.920. The molecule has 5 nitrogen and oxygen atoms in total. The lowest BCUT2D eigenvalue weighted by Crippen LogP contribution is -2.43. The van der Waals surface area contributed by atoms with Crippen LogP contribution in [0.25, 0.3) is 0 Å². The second-order valence-corrected chi connectivity index (χ2v) is 5.33. The van der Waals surface area contributed by atoms with E-state index in [1.54, 1.807) is 13.8 Å². The van der Waals surface area contributed by atoms with E-state index >= 15 is 0 Å². The van der Waals surface area contributed by atoms with Crippen LogP contribution in [0.3, 0.4) is 0 Å². The Balaban J connectivity index is 2.75. The number of carboxylic acids is 1. The van der Waals surface area contributed by atoms with E-state index in [4.69, 9.17) is 16.7 Å². The fourth-order valence-corrected chi connectivity index (χ4v) is 1.72. The summed E-state index contributed by atoms with van der Waals surface area (Å²) < 4.78 is 0. The first-order chi connectivity index (χ1) is 8.71. The number of carbonyl (C=O) groups is 2. The van der Waals surface area contributed by atoms with Crippen molar-refractivity contribution < 1.29 is 19.8 Å². The summed E-state index contributed by atoms with van der Waals surface area (Å²) in [5.41, 5.74) is -0.575. The summed E-state index contributed by atoms with van der Waals surface area (Å²) in [5, 5.41) is 21.3. The van der Waals surface area contributed by atoms with E-state index in [0.29, 0.717) is 11.4 Å². The Hall–Kier alpha value is -1.75. The van der Waals surface area contributed by atoms with Gasteiger partial charge in [0.2, 0.25) is 0 Å². The Kier molecular flexibility index (Phi) is 4.78. The molecule has 0 saturated carbocycles. The van der Waals surface area contributed by atoms with Crippen LogP contribution in [0.5, 0.6) is 5.75 Å². The summed E-state index contributed by atoms with van der Waals surface area (Å²) in [6, 6.07) is 4.20. The molecular weight excluding hydrogens is 270 g/mol. The predicted molar refractivity (Wildman–Crippen MR) is 71.5 cm³/mol. The Morgan fingerprint density at radius 2 is 2.00 bits per heavy atom. The van der Waals surface area contributed by atoms with E-state index in [9.17, 15) is 14.7 Å². The maximum atomic E-state index is 12.0. The largest absolute Gasteiger partial charge is 0.507 e. The molecule has 1 amide bonds. The number of rotatable bonds is 5. The average Bonchev–Trinajstić information content (AvgIpc) is 2.25. The van der Waals surface area contributed by atoms with Crippen molar-refractivity contribution in [3.8, 4) is 5.75 Å². The van der Waals surface area contributed by atoms with Gasteiger partial charge in [-0.3, -0.25) is 9.59 Å². The van der Waals surface area contributed by atoms with E-state index < -0.39 is 17.4 Å². The number of aliphatic carboxylic acids is 1. The van der Waals surface area contributed by atoms with Crippen molar-refractivity contribution in [2.45, 2.75) is 32.2 Å². The molecule has 0 radical (unpaired) electrons. The lowest BCUT2D eigenvalue weighted by Gasteiger charge is -2.25. The van der Waals surface area contributed by atoms with E-state index in [2.05, 4.69) is 5.32 Å². The lowest BCUT2D eigenvalue weighted by atomic mass is 9.97. The molecule has 0 aliphatic carbocycles. The third-order valence-corrected chi connectivity index (χ3v) is 2.86. The number of hydrogen-bond acceptors (Lipinski definition) is 3. The molecule has 104 valence electrons. The van der Waals surface area contributed by atoms with E-state index in [1.165, 1.54) is 18.2 Å². The molecule has 1 aromatic carbocycles. The van der Waals surface area contributed by atoms with Crippen molar-refractivity contribution in [3.63, 3.8) is 0 Å². The zero-order valence-electron chi connectivity index (χ0n) is 10.7. The van der Waals surface area contributed by atoms with Gasteiger partial charge in [0.1, 0.15) is 5.75 Å². The number of carboxylic acid groups (broad SMARTS) is 1. The van der Waals surface area contributed by atoms with Crippen molar-refractivity contribution in [1.82, 2.24) is 5.32 Å². The van der Waals surface area contributed by atoms with E-state index in [-0.39, 0.29) is 17.7 Å². The number of nitrogens with one attached hydrogen (secondary N) is 1. The van der Waals surface area contributed by atoms with Crippen molar-refractivity contribution in [1.29, 1.82) is 0 Å². The summed E-state index contributed by atoms with van der Waals surface area (Å²) in [6.45, 7) is 3.45. The van der Waals surface area contributed by atoms with Gasteiger partial charge in [0.05, 0.1) is 5.56 Å². The van der Waals surface area contributed by atoms with Gasteiger partial charge in [-0.25, -0.2) is 0 Å². The number of halogens is 1. The molecule has 0 aliphatic rings. The molecule has 0 unspecified atom stereocenters. The third-order valence-electron chi connectivity index (χ3n) is 2.62. The molecule has 0 heterocycles. The Bertz CT molecular complexity index is 499. The number of phenols is 1. The van der Waals surface area contributed by atoms with Crippen LogP contribution in [0, 0.1) is 0 Å². The molecule has 6 heteroatoms. The topological polar surface area (TPSA) is 86.6 Å². The number of phenolic OH excluding ortho intramolecular Hbond substituents is 1. The number of aromatic hydroxyl groups is 1. The predicted octanol–water partition coefficient (Wildman–Crippen LogP) is 2.42. The first-order valence-electron chi connectivity index (χ1n) is 5.74. The molecule has 19 heavy (non-hydrogen) atoms. The van der Waals surface area contributed by atoms with Gasteiger partial charge < -0.3 is 15.5 Å². The number of carbonyl (C=O) groups excluding carboxylic acids is 1. The minimum Gasteiger partial charge on any atom is -0.507 e. The van der Waals surface area contributed by atoms with E-state index in [0.717, 1.165) is 0 Å². The van der Waals surface area contributed by atoms with Crippen LogP contribution in [0.1, 0.15) is 37.0 Å². The molecule has 0 bridgehead atoms. The number of benzene rings is 1. The first-order valence-corrected chi connectivity index (χ1v) is 6.12. The summed E-state index contributed by atoms with van der Waals surface area (Å²) in [4.78, 5) is 22.5. The second kappa shape index (κ2) is 5.93. The minimum absolute atomic E-state index is 0.0418. The fraction of sp³-hybridized carbons (Fsp3) is 0.385. The second-order valence-electron chi connectivity index (χ2n) is 4.89. The summed E-state index contributed by atoms with van der Waals surface area (Å²) in [5.74, 6) is -1.60. The lowest BCUT2D eigenvalue weighted by molar-refractivity contribution is -0.137. The molecule has 0 aromatic heterocycles. The summed E-state index contributed by atoms with van der Waals surface area (Å²) in [6.07, 6.45) is 0.252. The van der Waals surface area contributed by atoms with Crippen molar-refractivity contribution in [2.24, 2.45) is 0 Å². The Morgan fingerprint density at radius 3 is 2.53 bits per heavy atom. The van der Waals surface area contributed by atoms with Gasteiger partial charge in [0.25, 0.3) is 5.91 Å². The van der Waals surface area contributed by atoms with Gasteiger partial charge in [-0.1, -0.05) is 11.6 Å². The molecule has 1 aromatic rings. The highest BCUT2D eigenvalue weighted by Crippen LogP contribution is 2.23. The average molecular weight is 286 g/mol. The maximum Gasteiger partial charge on any atom is 0.303 e. The van der Waals surface area contributed by atoms with Gasteiger partial charge in [-0.05, 0) is 38.5 Å². The zero-order valence-corrected chi connectivity index (χ0v) is 11.5. The molecule has 3 N–H and O–H groups in total. The number of amides is 1. The van der Waals surface area contributed by atoms with Gasteiger partial charge in [0, 0.05) is 17.0 Å². The molecule has 0 aliphatic heterocycles. The summed E-state index contributed by atoms with van der Waals surface area (Å²) >= 11 is 5.68. The Labute approximate surface area is 116 Å². The highest BCUT2D eigenvalue weighted by Gasteiger charge is 2.23. The molecular formula is C13H16ClNO4. The van der Waals surface area contributed by atoms with Crippen molar-refractivity contribution >= 4 is 23.5 Å². The molecule has 0 fully saturated rings. The maximum absolute atomic E-state index is 12.0. The number of hydrogen-bond donors (Lipinski definition) is 3. The molecule has 0 spiro atoms. The molecule has 1 rings (SSSR count). The van der Waals surface area contributed by atoms with Crippen LogP contribution in [-0.4, -0.2) is 27.6 Å². The monoisotopic (exact) mass is 285 g/mol. The third kappa shape index (κ3) is 4.79. The van der Waals surface area contributed by atoms with Crippen LogP contribution in [0.2, 0.25) is 5.02 Å². The van der Waals surface area contributed by atoms with Gasteiger partial charge in [-0.2, -0.15) is 0 Å². The smallest absolute Gasteiger partial charge is 0.303 e. The van der Waals surface area contributed by atoms with Crippen LogP contribution >= 0.6 is 11.6 Å². The quantitative estimate of drug-likeness (QED) is 0.775. The van der Waals surface area contributed by atoms with Crippen molar-refractivity contribution in [2.75, 3.05) is 0 Å². The SMILES string of the molecule is CC(C)(CCC(=O)O)NC(=O)c1ccc(Cl)cc1O. The zero-order chi connectivity index (χ0) is 14.6. The fourth-order valence-electron chi connectivity index (χ4n) is 1.55. The highest BCUT2D eigenvalue weighted by molar-refractivity contribution is 6.30. The van der Waals surface area contributed by atoms with E-state index in [1.807, 2.05) is 0 Å². The van der Waals surface area contributed by atoms with Crippen molar-refractivity contribution in [3.05, 3.63) is 28.8 Å². The van der Waals surface area contributed by atoms with Crippen LogP contribution in [0.4, 0.5) is 0 Å². The summed E-state index contributed by atoms with van der Waals surface area (Å²) in [7, 11) is 0. The molecule has 0 atom stereocenters. The molecule has 0 saturated heterocycles. The van der Waals surface area contributed by atoms with Crippen LogP contribution < -0.4 is 5.32 Å². The van der Waals surface area contributed by atoms with Gasteiger partial charge in [0.15, 0.2) is 0 Å². The Morgan fingerprint density at radius 1 is 1.37 bits per heavy atom. The first kappa shape index (κ1) is 15.3. The van der Waals surface area contributed by atoms with Gasteiger partial charge >= 0.3 is 5.97 Å². The normalized spacial score (nSPS) is 11.1. The van der Waals surface area contributed by atoms with Gasteiger partial charge in [-0.15, -0.1) is 0 Å². The standard InChI is InChI=1S/C13H16ClNO4/c1-13(2,6-5-11(17)18)15-12(19)9-4-3-8(14)7-10(9)16/h3-4,7,16H,5-6H2,1-2H3,(H,15,19)(H,17,18). The highest BCUT2D eigenvalue weighted by atomic mass is 35.5. The van der Waals surface area contributed by atoms with Crippen LogP contribution in [-0.2, 0) is 4.79 Å².